The quantitative estimate of drug-likeness (QED) is 0.325. The van der Waals surface area contributed by atoms with E-state index in [1.807, 2.05) is 25.1 Å². The van der Waals surface area contributed by atoms with Crippen LogP contribution in [-0.2, 0) is 16.0 Å². The van der Waals surface area contributed by atoms with E-state index in [4.69, 9.17) is 0 Å². The van der Waals surface area contributed by atoms with Crippen molar-refractivity contribution < 1.29 is 14.4 Å². The molecule has 3 unspecified atom stereocenters. The van der Waals surface area contributed by atoms with Gasteiger partial charge < -0.3 is 0 Å². The highest BCUT2D eigenvalue weighted by atomic mass is 16.1. The Hall–Kier alpha value is -2.55. The average molecular weight is 477 g/mol. The summed E-state index contributed by atoms with van der Waals surface area (Å²) in [7, 11) is 0. The van der Waals surface area contributed by atoms with Crippen LogP contribution in [0.15, 0.2) is 42.5 Å². The summed E-state index contributed by atoms with van der Waals surface area (Å²) >= 11 is 0. The predicted molar refractivity (Wildman–Crippen MR) is 146 cm³/mol. The zero-order valence-electron chi connectivity index (χ0n) is 22.7. The van der Waals surface area contributed by atoms with Gasteiger partial charge in [-0.05, 0) is 67.2 Å². The Morgan fingerprint density at radius 1 is 0.971 bits per heavy atom. The number of carbonyl (C=O) groups excluding carboxylic acids is 3. The van der Waals surface area contributed by atoms with E-state index in [1.165, 1.54) is 13.3 Å². The standard InChI is InChI=1S/C29H36O3.C3H8/c1-5-10-23(25(6-2)27(31)15-19(3)30)16-21-17-24-13-14-26(22-11-8-7-9-12-22)20(4)29(24)28(32)18-21;1-3-2/h7-9,11-14,21,23,25H,5-6,10,15-18H2,1-4H3;3H2,1-2H3. The molecule has 2 aromatic carbocycles. The highest BCUT2D eigenvalue weighted by Crippen LogP contribution is 2.38. The minimum absolute atomic E-state index is 0.0343. The molecule has 0 heterocycles. The minimum Gasteiger partial charge on any atom is -0.300 e. The maximum absolute atomic E-state index is 13.2. The van der Waals surface area contributed by atoms with E-state index in [9.17, 15) is 14.4 Å². The lowest BCUT2D eigenvalue weighted by Gasteiger charge is -2.32. The average Bonchev–Trinajstić information content (AvgIpc) is 2.80. The van der Waals surface area contributed by atoms with Crippen molar-refractivity contribution in [2.75, 3.05) is 0 Å². The van der Waals surface area contributed by atoms with Crippen LogP contribution in [0, 0.1) is 24.7 Å². The number of fused-ring (bicyclic) bond motifs is 1. The van der Waals surface area contributed by atoms with Crippen molar-refractivity contribution in [3.63, 3.8) is 0 Å². The van der Waals surface area contributed by atoms with Crippen LogP contribution in [0.5, 0.6) is 0 Å². The molecule has 0 N–H and O–H groups in total. The van der Waals surface area contributed by atoms with Crippen LogP contribution < -0.4 is 0 Å². The Kier molecular flexibility index (Phi) is 11.6. The summed E-state index contributed by atoms with van der Waals surface area (Å²) in [5.74, 6) is 0.649. The van der Waals surface area contributed by atoms with E-state index in [0.717, 1.165) is 59.9 Å². The lowest BCUT2D eigenvalue weighted by atomic mass is 9.71. The fourth-order valence-corrected chi connectivity index (χ4v) is 5.65. The van der Waals surface area contributed by atoms with E-state index < -0.39 is 0 Å². The Bertz CT molecular complexity index is 989. The first kappa shape index (κ1) is 28.7. The summed E-state index contributed by atoms with van der Waals surface area (Å²) in [6.07, 6.45) is 6.32. The second kappa shape index (κ2) is 14.1. The van der Waals surface area contributed by atoms with Crippen molar-refractivity contribution in [2.45, 2.75) is 92.9 Å². The third kappa shape index (κ3) is 7.72. The summed E-state index contributed by atoms with van der Waals surface area (Å²) in [6.45, 7) is 12.0. The maximum Gasteiger partial charge on any atom is 0.163 e. The smallest absolute Gasteiger partial charge is 0.163 e. The fraction of sp³-hybridized carbons (Fsp3) is 0.531. The van der Waals surface area contributed by atoms with E-state index in [2.05, 4.69) is 52.0 Å². The highest BCUT2D eigenvalue weighted by molar-refractivity contribution is 6.02. The van der Waals surface area contributed by atoms with Crippen molar-refractivity contribution in [1.82, 2.24) is 0 Å². The Balaban J connectivity index is 0.00000137. The van der Waals surface area contributed by atoms with Gasteiger partial charge in [-0.1, -0.05) is 89.4 Å². The molecule has 1 aliphatic rings. The van der Waals surface area contributed by atoms with Gasteiger partial charge in [0.05, 0.1) is 6.42 Å². The van der Waals surface area contributed by atoms with Crippen molar-refractivity contribution in [1.29, 1.82) is 0 Å². The maximum atomic E-state index is 13.2. The molecule has 3 nitrogen and oxygen atoms in total. The van der Waals surface area contributed by atoms with E-state index in [-0.39, 0.29) is 41.5 Å². The molecule has 0 radical (unpaired) electrons. The number of rotatable bonds is 10. The van der Waals surface area contributed by atoms with Crippen LogP contribution in [-0.4, -0.2) is 17.3 Å². The third-order valence-electron chi connectivity index (χ3n) is 7.04. The topological polar surface area (TPSA) is 51.2 Å². The van der Waals surface area contributed by atoms with Gasteiger partial charge >= 0.3 is 0 Å². The molecule has 0 aliphatic heterocycles. The monoisotopic (exact) mass is 476 g/mol. The van der Waals surface area contributed by atoms with Gasteiger partial charge in [0.1, 0.15) is 11.6 Å². The second-order valence-electron chi connectivity index (χ2n) is 10.2. The van der Waals surface area contributed by atoms with Crippen LogP contribution in [0.2, 0.25) is 0 Å². The number of carbonyl (C=O) groups is 3. The molecule has 3 rings (SSSR count). The van der Waals surface area contributed by atoms with Crippen molar-refractivity contribution in [3.8, 4) is 11.1 Å². The minimum atomic E-state index is -0.0856. The van der Waals surface area contributed by atoms with Crippen molar-refractivity contribution in [2.24, 2.45) is 17.8 Å². The second-order valence-corrected chi connectivity index (χ2v) is 10.2. The first-order valence-electron chi connectivity index (χ1n) is 13.5. The Morgan fingerprint density at radius 2 is 1.63 bits per heavy atom. The SMILES string of the molecule is CCC.CCCC(CC1CC(=O)c2c(ccc(-c3ccccc3)c2C)C1)C(CC)C(=O)CC(C)=O. The zero-order valence-corrected chi connectivity index (χ0v) is 22.7. The zero-order chi connectivity index (χ0) is 26.0. The van der Waals surface area contributed by atoms with E-state index >= 15 is 0 Å². The number of Topliss-reactive ketones (excluding diaryl/α,β-unsaturated/α-hetero) is 3. The molecule has 3 heteroatoms. The van der Waals surface area contributed by atoms with Gasteiger partial charge in [-0.25, -0.2) is 0 Å². The molecule has 0 aromatic heterocycles. The van der Waals surface area contributed by atoms with Crippen LogP contribution in [0.4, 0.5) is 0 Å². The van der Waals surface area contributed by atoms with Gasteiger partial charge in [-0.3, -0.25) is 14.4 Å². The number of benzene rings is 2. The summed E-state index contributed by atoms with van der Waals surface area (Å²) in [5, 5.41) is 0. The summed E-state index contributed by atoms with van der Waals surface area (Å²) in [4.78, 5) is 37.5. The first-order valence-corrected chi connectivity index (χ1v) is 13.5. The number of hydrogen-bond donors (Lipinski definition) is 0. The van der Waals surface area contributed by atoms with Gasteiger partial charge in [0.2, 0.25) is 0 Å². The molecule has 0 amide bonds. The fourth-order valence-electron chi connectivity index (χ4n) is 5.65. The molecule has 0 fully saturated rings. The number of hydrogen-bond acceptors (Lipinski definition) is 3. The lowest BCUT2D eigenvalue weighted by Crippen LogP contribution is -2.29. The molecule has 0 spiro atoms. The lowest BCUT2D eigenvalue weighted by molar-refractivity contribution is -0.129. The molecule has 190 valence electrons. The molecule has 35 heavy (non-hydrogen) atoms. The predicted octanol–water partition coefficient (Wildman–Crippen LogP) is 8.20. The van der Waals surface area contributed by atoms with Crippen LogP contribution in [0.1, 0.15) is 101 Å². The summed E-state index contributed by atoms with van der Waals surface area (Å²) < 4.78 is 0. The van der Waals surface area contributed by atoms with Gasteiger partial charge in [-0.2, -0.15) is 0 Å². The van der Waals surface area contributed by atoms with Crippen LogP contribution in [0.3, 0.4) is 0 Å². The van der Waals surface area contributed by atoms with Crippen LogP contribution >= 0.6 is 0 Å². The molecule has 1 aliphatic carbocycles. The highest BCUT2D eigenvalue weighted by Gasteiger charge is 2.33. The van der Waals surface area contributed by atoms with Crippen LogP contribution in [0.25, 0.3) is 11.1 Å². The van der Waals surface area contributed by atoms with Gasteiger partial charge in [0, 0.05) is 17.9 Å². The first-order chi connectivity index (χ1) is 16.8. The van der Waals surface area contributed by atoms with Gasteiger partial charge in [0.25, 0.3) is 0 Å². The Morgan fingerprint density at radius 3 is 2.20 bits per heavy atom. The summed E-state index contributed by atoms with van der Waals surface area (Å²) in [5.41, 5.74) is 5.38. The molecular weight excluding hydrogens is 432 g/mol. The van der Waals surface area contributed by atoms with Gasteiger partial charge in [-0.15, -0.1) is 0 Å². The summed E-state index contributed by atoms with van der Waals surface area (Å²) in [6, 6.07) is 14.5. The largest absolute Gasteiger partial charge is 0.300 e. The molecule has 0 saturated heterocycles. The van der Waals surface area contributed by atoms with Crippen molar-refractivity contribution >= 4 is 17.3 Å². The third-order valence-corrected chi connectivity index (χ3v) is 7.04. The van der Waals surface area contributed by atoms with Crippen molar-refractivity contribution in [3.05, 3.63) is 59.2 Å². The molecule has 0 saturated carbocycles. The molecule has 3 atom stereocenters. The molecule has 2 aromatic rings. The van der Waals surface area contributed by atoms with E-state index in [1.54, 1.807) is 0 Å². The Labute approximate surface area is 212 Å². The number of ketones is 3. The normalized spacial score (nSPS) is 16.5. The molecule has 0 bridgehead atoms. The van der Waals surface area contributed by atoms with Gasteiger partial charge in [0.15, 0.2) is 5.78 Å². The van der Waals surface area contributed by atoms with E-state index in [0.29, 0.717) is 6.42 Å². The molecular formula is C32H44O3.